The fourth-order valence-corrected chi connectivity index (χ4v) is 1.64. The van der Waals surface area contributed by atoms with Gasteiger partial charge in [-0.05, 0) is 19.1 Å². The Balaban J connectivity index is 2.11. The number of H-pyrrole nitrogens is 1. The first-order chi connectivity index (χ1) is 8.18. The van der Waals surface area contributed by atoms with Crippen LogP contribution in [0.25, 0.3) is 0 Å². The fraction of sp³-hybridized carbons (Fsp3) is 0.333. The molecule has 0 radical (unpaired) electrons. The summed E-state index contributed by atoms with van der Waals surface area (Å²) in [4.78, 5) is 6.33. The highest BCUT2D eigenvalue weighted by Gasteiger charge is 2.06. The van der Waals surface area contributed by atoms with Crippen LogP contribution in [0.1, 0.15) is 11.3 Å². The number of aromatic amines is 1. The second-order valence-electron chi connectivity index (χ2n) is 4.14. The van der Waals surface area contributed by atoms with Gasteiger partial charge < -0.3 is 10.2 Å². The monoisotopic (exact) mass is 231 g/mol. The zero-order valence-corrected chi connectivity index (χ0v) is 10.4. The summed E-state index contributed by atoms with van der Waals surface area (Å²) < 4.78 is 0. The zero-order chi connectivity index (χ0) is 12.3. The van der Waals surface area contributed by atoms with Gasteiger partial charge in [-0.2, -0.15) is 5.10 Å². The highest BCUT2D eigenvalue weighted by molar-refractivity contribution is 5.64. The molecule has 0 aromatic carbocycles. The summed E-state index contributed by atoms with van der Waals surface area (Å²) in [5, 5.41) is 10.3. The zero-order valence-electron chi connectivity index (χ0n) is 10.4. The van der Waals surface area contributed by atoms with Gasteiger partial charge in [0, 0.05) is 38.1 Å². The van der Waals surface area contributed by atoms with Gasteiger partial charge >= 0.3 is 0 Å². The fourth-order valence-electron chi connectivity index (χ4n) is 1.64. The van der Waals surface area contributed by atoms with Crippen molar-refractivity contribution in [1.29, 1.82) is 0 Å². The summed E-state index contributed by atoms with van der Waals surface area (Å²) in [7, 11) is 3.97. The Kier molecular flexibility index (Phi) is 3.27. The van der Waals surface area contributed by atoms with E-state index in [1.807, 2.05) is 44.2 Å². The summed E-state index contributed by atoms with van der Waals surface area (Å²) in [6.45, 7) is 2.76. The Bertz CT molecular complexity index is 489. The molecule has 2 aromatic rings. The molecule has 0 aliphatic heterocycles. The van der Waals surface area contributed by atoms with Crippen molar-refractivity contribution in [2.45, 2.75) is 13.5 Å². The predicted octanol–water partition coefficient (Wildman–Crippen LogP) is 1.79. The Hall–Kier alpha value is -2.04. The molecule has 0 saturated heterocycles. The molecule has 0 bridgehead atoms. The molecule has 5 nitrogen and oxygen atoms in total. The third-order valence-corrected chi connectivity index (χ3v) is 2.61. The molecule has 90 valence electrons. The maximum atomic E-state index is 4.34. The molecule has 2 rings (SSSR count). The van der Waals surface area contributed by atoms with Crippen LogP contribution in [0.3, 0.4) is 0 Å². The predicted molar refractivity (Wildman–Crippen MR) is 69.2 cm³/mol. The number of aryl methyl sites for hydroxylation is 1. The van der Waals surface area contributed by atoms with Gasteiger partial charge in [0.15, 0.2) is 5.82 Å². The average Bonchev–Trinajstić information content (AvgIpc) is 2.72. The first-order valence-corrected chi connectivity index (χ1v) is 5.53. The van der Waals surface area contributed by atoms with Crippen LogP contribution in [0.2, 0.25) is 0 Å². The second-order valence-corrected chi connectivity index (χ2v) is 4.14. The minimum atomic E-state index is 0.745. The number of nitrogens with one attached hydrogen (secondary N) is 2. The van der Waals surface area contributed by atoms with Crippen LogP contribution < -0.4 is 10.2 Å². The van der Waals surface area contributed by atoms with Crippen LogP contribution in [0.4, 0.5) is 11.5 Å². The number of pyridine rings is 1. The SMILES string of the molecule is Cc1[nH]ncc1CNc1cccnc1N(C)C. The van der Waals surface area contributed by atoms with E-state index in [2.05, 4.69) is 20.5 Å². The first-order valence-electron chi connectivity index (χ1n) is 5.53. The molecule has 0 saturated carbocycles. The standard InChI is InChI=1S/C12H17N5/c1-9-10(8-15-16-9)7-14-11-5-4-6-13-12(11)17(2)3/h4-6,8,14H,7H2,1-3H3,(H,15,16). The molecule has 2 aromatic heterocycles. The average molecular weight is 231 g/mol. The maximum Gasteiger partial charge on any atom is 0.151 e. The van der Waals surface area contributed by atoms with Gasteiger partial charge in [0.1, 0.15) is 0 Å². The molecule has 2 N–H and O–H groups in total. The van der Waals surface area contributed by atoms with Gasteiger partial charge in [0.2, 0.25) is 0 Å². The number of nitrogens with zero attached hydrogens (tertiary/aromatic N) is 3. The van der Waals surface area contributed by atoms with E-state index in [9.17, 15) is 0 Å². The minimum absolute atomic E-state index is 0.745. The smallest absolute Gasteiger partial charge is 0.151 e. The largest absolute Gasteiger partial charge is 0.378 e. The number of hydrogen-bond donors (Lipinski definition) is 2. The van der Waals surface area contributed by atoms with E-state index in [1.165, 1.54) is 5.56 Å². The van der Waals surface area contributed by atoms with Gasteiger partial charge in [-0.3, -0.25) is 5.10 Å². The Labute approximate surface area is 101 Å². The van der Waals surface area contributed by atoms with Gasteiger partial charge in [-0.1, -0.05) is 0 Å². The topological polar surface area (TPSA) is 56.8 Å². The molecule has 17 heavy (non-hydrogen) atoms. The third-order valence-electron chi connectivity index (χ3n) is 2.61. The van der Waals surface area contributed by atoms with Gasteiger partial charge in [-0.25, -0.2) is 4.98 Å². The molecule has 0 amide bonds. The van der Waals surface area contributed by atoms with E-state index in [1.54, 1.807) is 6.20 Å². The maximum absolute atomic E-state index is 4.34. The summed E-state index contributed by atoms with van der Waals surface area (Å²) in [6, 6.07) is 3.95. The van der Waals surface area contributed by atoms with Crippen LogP contribution in [-0.2, 0) is 6.54 Å². The van der Waals surface area contributed by atoms with Crippen LogP contribution >= 0.6 is 0 Å². The van der Waals surface area contributed by atoms with Crippen molar-refractivity contribution < 1.29 is 0 Å². The van der Waals surface area contributed by atoms with Crippen molar-refractivity contribution in [1.82, 2.24) is 15.2 Å². The van der Waals surface area contributed by atoms with E-state index in [-0.39, 0.29) is 0 Å². The summed E-state index contributed by atoms with van der Waals surface area (Å²) >= 11 is 0. The third kappa shape index (κ3) is 2.55. The molecule has 0 atom stereocenters. The molecule has 0 fully saturated rings. The Morgan fingerprint density at radius 3 is 2.88 bits per heavy atom. The summed E-state index contributed by atoms with van der Waals surface area (Å²) in [6.07, 6.45) is 3.64. The van der Waals surface area contributed by atoms with Crippen molar-refractivity contribution >= 4 is 11.5 Å². The first kappa shape index (κ1) is 11.4. The normalized spacial score (nSPS) is 10.3. The lowest BCUT2D eigenvalue weighted by atomic mass is 10.2. The lowest BCUT2D eigenvalue weighted by Crippen LogP contribution is -2.13. The Morgan fingerprint density at radius 1 is 1.41 bits per heavy atom. The Morgan fingerprint density at radius 2 is 2.24 bits per heavy atom. The molecule has 2 heterocycles. The van der Waals surface area contributed by atoms with Gasteiger partial charge in [-0.15, -0.1) is 0 Å². The van der Waals surface area contributed by atoms with Crippen LogP contribution in [0, 0.1) is 6.92 Å². The van der Waals surface area contributed by atoms with E-state index < -0.39 is 0 Å². The molecule has 0 aliphatic rings. The van der Waals surface area contributed by atoms with E-state index in [4.69, 9.17) is 0 Å². The molecular formula is C12H17N5. The lowest BCUT2D eigenvalue weighted by Gasteiger charge is -2.16. The van der Waals surface area contributed by atoms with E-state index >= 15 is 0 Å². The molecule has 0 unspecified atom stereocenters. The van der Waals surface area contributed by atoms with Gasteiger partial charge in [0.05, 0.1) is 11.9 Å². The lowest BCUT2D eigenvalue weighted by molar-refractivity contribution is 1.03. The summed E-state index contributed by atoms with van der Waals surface area (Å²) in [5.41, 5.74) is 3.28. The molecule has 5 heteroatoms. The highest BCUT2D eigenvalue weighted by atomic mass is 15.2. The molecule has 0 spiro atoms. The number of rotatable bonds is 4. The van der Waals surface area contributed by atoms with Crippen molar-refractivity contribution in [2.24, 2.45) is 0 Å². The van der Waals surface area contributed by atoms with Gasteiger partial charge in [0.25, 0.3) is 0 Å². The van der Waals surface area contributed by atoms with E-state index in [0.29, 0.717) is 0 Å². The quantitative estimate of drug-likeness (QED) is 0.842. The van der Waals surface area contributed by atoms with Crippen molar-refractivity contribution in [2.75, 3.05) is 24.3 Å². The van der Waals surface area contributed by atoms with Crippen LogP contribution in [0.5, 0.6) is 0 Å². The molecular weight excluding hydrogens is 214 g/mol. The highest BCUT2D eigenvalue weighted by Crippen LogP contribution is 2.21. The minimum Gasteiger partial charge on any atom is -0.378 e. The van der Waals surface area contributed by atoms with Crippen LogP contribution in [-0.4, -0.2) is 29.3 Å². The van der Waals surface area contributed by atoms with Crippen molar-refractivity contribution in [3.8, 4) is 0 Å². The number of hydrogen-bond acceptors (Lipinski definition) is 4. The van der Waals surface area contributed by atoms with Crippen molar-refractivity contribution in [3.63, 3.8) is 0 Å². The van der Waals surface area contributed by atoms with Crippen molar-refractivity contribution in [3.05, 3.63) is 35.8 Å². The number of anilines is 2. The number of aromatic nitrogens is 3. The van der Waals surface area contributed by atoms with E-state index in [0.717, 1.165) is 23.7 Å². The molecule has 0 aliphatic carbocycles. The van der Waals surface area contributed by atoms with Crippen LogP contribution in [0.15, 0.2) is 24.5 Å². The summed E-state index contributed by atoms with van der Waals surface area (Å²) in [5.74, 6) is 0.939. The second kappa shape index (κ2) is 4.86.